The van der Waals surface area contributed by atoms with Crippen molar-refractivity contribution in [3.8, 4) is 0 Å². The fraction of sp³-hybridized carbons (Fsp3) is 0.667. The molecule has 0 aromatic rings. The number of hydrogen-bond acceptors (Lipinski definition) is 2. The van der Waals surface area contributed by atoms with Gasteiger partial charge in [-0.1, -0.05) is 0 Å². The van der Waals surface area contributed by atoms with Crippen molar-refractivity contribution >= 4 is 5.91 Å². The molecule has 0 aromatic heterocycles. The Morgan fingerprint density at radius 2 is 2.00 bits per heavy atom. The van der Waals surface area contributed by atoms with E-state index in [1.165, 1.54) is 43.9 Å². The molecule has 2 aliphatic rings. The third-order valence-corrected chi connectivity index (χ3v) is 2.24. The molecule has 12 heavy (non-hydrogen) atoms. The Hall–Kier alpha value is -0.990. The van der Waals surface area contributed by atoms with Gasteiger partial charge in [0.2, 0.25) is 5.91 Å². The highest BCUT2D eigenvalue weighted by atomic mass is 16.2. The summed E-state index contributed by atoms with van der Waals surface area (Å²) < 4.78 is 0. The van der Waals surface area contributed by atoms with Crippen LogP contribution in [0.25, 0.3) is 0 Å². The van der Waals surface area contributed by atoms with Crippen LogP contribution in [-0.4, -0.2) is 5.91 Å². The number of hydrazine groups is 1. The Balaban J connectivity index is 1.90. The Kier molecular flexibility index (Phi) is 1.79. The van der Waals surface area contributed by atoms with Gasteiger partial charge in [0, 0.05) is 18.5 Å². The number of allylic oxidation sites excluding steroid dienone is 2. The number of carbonyl (C=O) groups excluding carboxylic acids is 1. The van der Waals surface area contributed by atoms with Crippen molar-refractivity contribution in [3.05, 3.63) is 11.3 Å². The Labute approximate surface area is 72.2 Å². The summed E-state index contributed by atoms with van der Waals surface area (Å²) >= 11 is 0. The van der Waals surface area contributed by atoms with Crippen molar-refractivity contribution in [1.82, 2.24) is 10.9 Å². The lowest BCUT2D eigenvalue weighted by molar-refractivity contribution is -0.119. The van der Waals surface area contributed by atoms with Gasteiger partial charge in [0.1, 0.15) is 0 Å². The van der Waals surface area contributed by atoms with Gasteiger partial charge in [0.05, 0.1) is 0 Å². The molecule has 66 valence electrons. The summed E-state index contributed by atoms with van der Waals surface area (Å²) in [5.74, 6) is 0.698. The van der Waals surface area contributed by atoms with E-state index in [4.69, 9.17) is 0 Å². The normalized spacial score (nSPS) is 20.2. The molecule has 0 saturated heterocycles. The third-order valence-electron chi connectivity index (χ3n) is 2.24. The van der Waals surface area contributed by atoms with Crippen LogP contribution in [0.1, 0.15) is 32.6 Å². The van der Waals surface area contributed by atoms with Gasteiger partial charge in [0.25, 0.3) is 0 Å². The molecule has 0 heterocycles. The summed E-state index contributed by atoms with van der Waals surface area (Å²) in [6, 6.07) is 0. The lowest BCUT2D eigenvalue weighted by Gasteiger charge is -2.09. The summed E-state index contributed by atoms with van der Waals surface area (Å²) in [5.41, 5.74) is 8.47. The molecule has 2 aliphatic carbocycles. The van der Waals surface area contributed by atoms with E-state index in [2.05, 4.69) is 10.9 Å². The molecule has 0 bridgehead atoms. The van der Waals surface area contributed by atoms with E-state index in [0.717, 1.165) is 0 Å². The van der Waals surface area contributed by atoms with Gasteiger partial charge in [0.15, 0.2) is 0 Å². The van der Waals surface area contributed by atoms with Crippen LogP contribution in [0.2, 0.25) is 0 Å². The van der Waals surface area contributed by atoms with Gasteiger partial charge >= 0.3 is 0 Å². The number of hydrogen-bond donors (Lipinski definition) is 2. The van der Waals surface area contributed by atoms with E-state index in [0.29, 0.717) is 5.92 Å². The molecule has 2 fully saturated rings. The van der Waals surface area contributed by atoms with Crippen LogP contribution in [0.15, 0.2) is 11.3 Å². The Morgan fingerprint density at radius 3 is 2.42 bits per heavy atom. The van der Waals surface area contributed by atoms with Gasteiger partial charge < -0.3 is 5.43 Å². The summed E-state index contributed by atoms with van der Waals surface area (Å²) in [6.45, 7) is 1.52. The van der Waals surface area contributed by atoms with Crippen molar-refractivity contribution in [2.45, 2.75) is 32.6 Å². The van der Waals surface area contributed by atoms with Gasteiger partial charge in [-0.15, -0.1) is 0 Å². The lowest BCUT2D eigenvalue weighted by Crippen LogP contribution is -2.35. The third kappa shape index (κ3) is 1.78. The minimum atomic E-state index is -0.0191. The summed E-state index contributed by atoms with van der Waals surface area (Å²) in [7, 11) is 0. The highest BCUT2D eigenvalue weighted by Crippen LogP contribution is 2.42. The predicted octanol–water partition coefficient (Wildman–Crippen LogP) is 1.08. The van der Waals surface area contributed by atoms with Crippen molar-refractivity contribution in [1.29, 1.82) is 0 Å². The molecular formula is C9H14N2O. The van der Waals surface area contributed by atoms with E-state index >= 15 is 0 Å². The number of nitrogens with one attached hydrogen (secondary N) is 2. The largest absolute Gasteiger partial charge is 0.303 e. The molecule has 0 unspecified atom stereocenters. The maximum atomic E-state index is 10.6. The van der Waals surface area contributed by atoms with Crippen LogP contribution >= 0.6 is 0 Å². The highest BCUT2D eigenvalue weighted by Gasteiger charge is 2.31. The topological polar surface area (TPSA) is 41.1 Å². The molecule has 3 heteroatoms. The second-order valence-electron chi connectivity index (χ2n) is 3.60. The minimum Gasteiger partial charge on any atom is -0.303 e. The van der Waals surface area contributed by atoms with Crippen molar-refractivity contribution in [2.75, 3.05) is 0 Å². The monoisotopic (exact) mass is 166 g/mol. The molecule has 2 saturated carbocycles. The Morgan fingerprint density at radius 1 is 1.33 bits per heavy atom. The van der Waals surface area contributed by atoms with Crippen LogP contribution in [0.4, 0.5) is 0 Å². The number of rotatable bonds is 3. The van der Waals surface area contributed by atoms with Crippen LogP contribution in [-0.2, 0) is 4.79 Å². The average Bonchev–Trinajstić information content (AvgIpc) is 2.83. The van der Waals surface area contributed by atoms with Gasteiger partial charge in [-0.2, -0.15) is 0 Å². The quantitative estimate of drug-likeness (QED) is 0.616. The van der Waals surface area contributed by atoms with Crippen molar-refractivity contribution in [2.24, 2.45) is 5.92 Å². The standard InChI is InChI=1S/C9H14N2O/c1-6(12)10-11-9(7-2-3-7)8-4-5-8/h7,11H,2-5H2,1H3,(H,10,12). The van der Waals surface area contributed by atoms with Gasteiger partial charge in [-0.25, -0.2) is 0 Å². The molecule has 1 amide bonds. The summed E-state index contributed by atoms with van der Waals surface area (Å²) in [5, 5.41) is 0. The molecule has 0 radical (unpaired) electrons. The maximum Gasteiger partial charge on any atom is 0.235 e. The molecule has 0 atom stereocenters. The average molecular weight is 166 g/mol. The zero-order valence-corrected chi connectivity index (χ0v) is 7.31. The second kappa shape index (κ2) is 2.81. The molecule has 2 rings (SSSR count). The summed E-state index contributed by atoms with van der Waals surface area (Å²) in [4.78, 5) is 10.6. The number of carbonyl (C=O) groups is 1. The zero-order valence-electron chi connectivity index (χ0n) is 7.31. The predicted molar refractivity (Wildman–Crippen MR) is 45.9 cm³/mol. The fourth-order valence-electron chi connectivity index (χ4n) is 1.34. The molecule has 0 spiro atoms. The summed E-state index contributed by atoms with van der Waals surface area (Å²) in [6.07, 6.45) is 5.01. The smallest absolute Gasteiger partial charge is 0.235 e. The second-order valence-corrected chi connectivity index (χ2v) is 3.60. The molecular weight excluding hydrogens is 152 g/mol. The maximum absolute atomic E-state index is 10.6. The van der Waals surface area contributed by atoms with E-state index < -0.39 is 0 Å². The molecule has 3 nitrogen and oxygen atoms in total. The first-order valence-corrected chi connectivity index (χ1v) is 4.52. The van der Waals surface area contributed by atoms with Crippen LogP contribution in [0.3, 0.4) is 0 Å². The lowest BCUT2D eigenvalue weighted by atomic mass is 10.3. The first kappa shape index (κ1) is 7.65. The van der Waals surface area contributed by atoms with Crippen molar-refractivity contribution in [3.63, 3.8) is 0 Å². The zero-order chi connectivity index (χ0) is 8.55. The molecule has 2 N–H and O–H groups in total. The fourth-order valence-corrected chi connectivity index (χ4v) is 1.34. The highest BCUT2D eigenvalue weighted by molar-refractivity contribution is 5.72. The first-order valence-electron chi connectivity index (χ1n) is 4.52. The minimum absolute atomic E-state index is 0.0191. The number of amides is 1. The van der Waals surface area contributed by atoms with Gasteiger partial charge in [-0.3, -0.25) is 10.2 Å². The van der Waals surface area contributed by atoms with Crippen LogP contribution < -0.4 is 10.9 Å². The van der Waals surface area contributed by atoms with Gasteiger partial charge in [-0.05, 0) is 31.3 Å². The van der Waals surface area contributed by atoms with Crippen LogP contribution in [0, 0.1) is 5.92 Å². The van der Waals surface area contributed by atoms with E-state index in [1.807, 2.05) is 0 Å². The first-order chi connectivity index (χ1) is 5.77. The van der Waals surface area contributed by atoms with E-state index in [-0.39, 0.29) is 5.91 Å². The van der Waals surface area contributed by atoms with E-state index in [9.17, 15) is 4.79 Å². The Bertz CT molecular complexity index is 235. The van der Waals surface area contributed by atoms with Crippen LogP contribution in [0.5, 0.6) is 0 Å². The SMILES string of the molecule is CC(=O)NNC(=C1CC1)C1CC1. The molecule has 0 aliphatic heterocycles. The molecule has 0 aromatic carbocycles. The van der Waals surface area contributed by atoms with Crippen molar-refractivity contribution < 1.29 is 4.79 Å². The van der Waals surface area contributed by atoms with E-state index in [1.54, 1.807) is 0 Å².